The first-order chi connectivity index (χ1) is 12.6. The summed E-state index contributed by atoms with van der Waals surface area (Å²) in [5.74, 6) is 0.719. The standard InChI is InChI=1S/C20H23N5O/c1-15(19-23-21-14-25(19)3)22-20(26)24(2)13-17-11-7-8-12-18(17)16-9-5-4-6-10-16/h4-12,14-15H,13H2,1-3H3,(H,22,26)/t15-/m1/s1. The Morgan fingerprint density at radius 3 is 2.54 bits per heavy atom. The molecule has 0 unspecified atom stereocenters. The number of urea groups is 1. The zero-order chi connectivity index (χ0) is 18.5. The van der Waals surface area contributed by atoms with Gasteiger partial charge in [0.25, 0.3) is 0 Å². The lowest BCUT2D eigenvalue weighted by Gasteiger charge is -2.22. The van der Waals surface area contributed by atoms with Gasteiger partial charge < -0.3 is 14.8 Å². The van der Waals surface area contributed by atoms with Gasteiger partial charge in [0.2, 0.25) is 0 Å². The highest BCUT2D eigenvalue weighted by atomic mass is 16.2. The van der Waals surface area contributed by atoms with Crippen molar-refractivity contribution < 1.29 is 4.79 Å². The summed E-state index contributed by atoms with van der Waals surface area (Å²) in [5, 5.41) is 10.9. The van der Waals surface area contributed by atoms with Crippen LogP contribution in [-0.4, -0.2) is 32.7 Å². The second kappa shape index (κ2) is 7.82. The lowest BCUT2D eigenvalue weighted by molar-refractivity contribution is 0.203. The Kier molecular flexibility index (Phi) is 5.31. The summed E-state index contributed by atoms with van der Waals surface area (Å²) in [4.78, 5) is 14.2. The van der Waals surface area contributed by atoms with Crippen molar-refractivity contribution in [3.05, 3.63) is 72.3 Å². The molecule has 0 fully saturated rings. The lowest BCUT2D eigenvalue weighted by atomic mass is 9.99. The van der Waals surface area contributed by atoms with E-state index in [1.807, 2.05) is 44.3 Å². The van der Waals surface area contributed by atoms with E-state index in [0.29, 0.717) is 6.54 Å². The summed E-state index contributed by atoms with van der Waals surface area (Å²) in [6, 6.07) is 18.0. The lowest BCUT2D eigenvalue weighted by Crippen LogP contribution is -2.38. The van der Waals surface area contributed by atoms with Gasteiger partial charge in [-0.05, 0) is 23.6 Å². The van der Waals surface area contributed by atoms with Crippen molar-refractivity contribution >= 4 is 6.03 Å². The van der Waals surface area contributed by atoms with Crippen LogP contribution in [0.3, 0.4) is 0 Å². The minimum absolute atomic E-state index is 0.150. The van der Waals surface area contributed by atoms with Crippen molar-refractivity contribution in [1.82, 2.24) is 25.0 Å². The molecular formula is C20H23N5O. The van der Waals surface area contributed by atoms with Crippen molar-refractivity contribution in [3.63, 3.8) is 0 Å². The molecule has 0 saturated heterocycles. The molecular weight excluding hydrogens is 326 g/mol. The Balaban J connectivity index is 1.71. The Hall–Kier alpha value is -3.15. The van der Waals surface area contributed by atoms with Crippen LogP contribution in [0.1, 0.15) is 24.4 Å². The monoisotopic (exact) mass is 349 g/mol. The number of hydrogen-bond donors (Lipinski definition) is 1. The van der Waals surface area contributed by atoms with E-state index < -0.39 is 0 Å². The Morgan fingerprint density at radius 2 is 1.85 bits per heavy atom. The van der Waals surface area contributed by atoms with Gasteiger partial charge in [0.1, 0.15) is 6.33 Å². The molecule has 0 bridgehead atoms. The molecule has 6 nitrogen and oxygen atoms in total. The van der Waals surface area contributed by atoms with Crippen LogP contribution in [-0.2, 0) is 13.6 Å². The summed E-state index contributed by atoms with van der Waals surface area (Å²) >= 11 is 0. The highest BCUT2D eigenvalue weighted by Crippen LogP contribution is 2.24. The Morgan fingerprint density at radius 1 is 1.15 bits per heavy atom. The molecule has 0 radical (unpaired) electrons. The summed E-state index contributed by atoms with van der Waals surface area (Å²) < 4.78 is 1.80. The average Bonchev–Trinajstić information content (AvgIpc) is 3.09. The summed E-state index contributed by atoms with van der Waals surface area (Å²) in [7, 11) is 3.65. The number of amides is 2. The third kappa shape index (κ3) is 3.91. The van der Waals surface area contributed by atoms with Crippen LogP contribution in [0.2, 0.25) is 0 Å². The van der Waals surface area contributed by atoms with E-state index in [0.717, 1.165) is 22.5 Å². The molecule has 2 aromatic carbocycles. The smallest absolute Gasteiger partial charge is 0.318 e. The van der Waals surface area contributed by atoms with Gasteiger partial charge in [-0.15, -0.1) is 10.2 Å². The molecule has 0 saturated carbocycles. The maximum atomic E-state index is 12.6. The maximum absolute atomic E-state index is 12.6. The largest absolute Gasteiger partial charge is 0.328 e. The summed E-state index contributed by atoms with van der Waals surface area (Å²) in [5.41, 5.74) is 3.38. The topological polar surface area (TPSA) is 63.1 Å². The minimum atomic E-state index is -0.221. The number of nitrogens with one attached hydrogen (secondary N) is 1. The van der Waals surface area contributed by atoms with Gasteiger partial charge in [-0.25, -0.2) is 4.79 Å². The summed E-state index contributed by atoms with van der Waals surface area (Å²) in [6.07, 6.45) is 1.62. The Labute approximate surface area is 153 Å². The molecule has 3 rings (SSSR count). The zero-order valence-electron chi connectivity index (χ0n) is 15.3. The maximum Gasteiger partial charge on any atom is 0.318 e. The van der Waals surface area contributed by atoms with E-state index in [9.17, 15) is 4.79 Å². The van der Waals surface area contributed by atoms with Crippen LogP contribution in [0, 0.1) is 0 Å². The van der Waals surface area contributed by atoms with E-state index in [2.05, 4.69) is 39.8 Å². The predicted molar refractivity (Wildman–Crippen MR) is 101 cm³/mol. The van der Waals surface area contributed by atoms with Crippen molar-refractivity contribution in [2.75, 3.05) is 7.05 Å². The van der Waals surface area contributed by atoms with E-state index in [4.69, 9.17) is 0 Å². The number of carbonyl (C=O) groups excluding carboxylic acids is 1. The number of hydrogen-bond acceptors (Lipinski definition) is 3. The van der Waals surface area contributed by atoms with E-state index in [1.54, 1.807) is 22.8 Å². The van der Waals surface area contributed by atoms with Crippen molar-refractivity contribution in [3.8, 4) is 11.1 Å². The van der Waals surface area contributed by atoms with Crippen LogP contribution in [0.5, 0.6) is 0 Å². The molecule has 1 N–H and O–H groups in total. The average molecular weight is 349 g/mol. The first-order valence-corrected chi connectivity index (χ1v) is 8.55. The third-order valence-electron chi connectivity index (χ3n) is 4.33. The zero-order valence-corrected chi connectivity index (χ0v) is 15.3. The number of carbonyl (C=O) groups is 1. The van der Waals surface area contributed by atoms with Gasteiger partial charge in [-0.2, -0.15) is 0 Å². The number of rotatable bonds is 5. The number of nitrogens with zero attached hydrogens (tertiary/aromatic N) is 4. The first kappa shape index (κ1) is 17.7. The predicted octanol–water partition coefficient (Wildman–Crippen LogP) is 3.38. The molecule has 6 heteroatoms. The van der Waals surface area contributed by atoms with E-state index in [1.165, 1.54) is 0 Å². The van der Waals surface area contributed by atoms with Gasteiger partial charge in [0, 0.05) is 20.6 Å². The molecule has 1 atom stereocenters. The second-order valence-corrected chi connectivity index (χ2v) is 6.35. The van der Waals surface area contributed by atoms with Gasteiger partial charge in [0.05, 0.1) is 6.04 Å². The highest BCUT2D eigenvalue weighted by molar-refractivity contribution is 5.75. The first-order valence-electron chi connectivity index (χ1n) is 8.55. The second-order valence-electron chi connectivity index (χ2n) is 6.35. The minimum Gasteiger partial charge on any atom is -0.328 e. The SMILES string of the molecule is C[C@@H](NC(=O)N(C)Cc1ccccc1-c1ccccc1)c1nncn1C. The van der Waals surface area contributed by atoms with Crippen LogP contribution >= 0.6 is 0 Å². The van der Waals surface area contributed by atoms with Gasteiger partial charge in [-0.1, -0.05) is 54.6 Å². The number of aromatic nitrogens is 3. The molecule has 3 aromatic rings. The molecule has 26 heavy (non-hydrogen) atoms. The fraction of sp³-hybridized carbons (Fsp3) is 0.250. The van der Waals surface area contributed by atoms with Crippen molar-refractivity contribution in [2.45, 2.75) is 19.5 Å². The fourth-order valence-electron chi connectivity index (χ4n) is 2.93. The van der Waals surface area contributed by atoms with E-state index >= 15 is 0 Å². The van der Waals surface area contributed by atoms with Gasteiger partial charge in [-0.3, -0.25) is 0 Å². The molecule has 2 amide bonds. The molecule has 0 aliphatic carbocycles. The molecule has 0 aliphatic heterocycles. The molecule has 134 valence electrons. The third-order valence-corrected chi connectivity index (χ3v) is 4.33. The Bertz CT molecular complexity index is 875. The van der Waals surface area contributed by atoms with Crippen LogP contribution < -0.4 is 5.32 Å². The van der Waals surface area contributed by atoms with Crippen LogP contribution in [0.4, 0.5) is 4.79 Å². The quantitative estimate of drug-likeness (QED) is 0.768. The van der Waals surface area contributed by atoms with Crippen LogP contribution in [0.25, 0.3) is 11.1 Å². The highest BCUT2D eigenvalue weighted by Gasteiger charge is 2.17. The normalized spacial score (nSPS) is 11.8. The molecule has 0 spiro atoms. The molecule has 1 heterocycles. The fourth-order valence-corrected chi connectivity index (χ4v) is 2.93. The molecule has 1 aromatic heterocycles. The molecule has 0 aliphatic rings. The van der Waals surface area contributed by atoms with Gasteiger partial charge >= 0.3 is 6.03 Å². The van der Waals surface area contributed by atoms with Crippen molar-refractivity contribution in [1.29, 1.82) is 0 Å². The number of aryl methyl sites for hydroxylation is 1. The van der Waals surface area contributed by atoms with E-state index in [-0.39, 0.29) is 12.1 Å². The van der Waals surface area contributed by atoms with Gasteiger partial charge in [0.15, 0.2) is 5.82 Å². The number of benzene rings is 2. The van der Waals surface area contributed by atoms with Crippen LogP contribution in [0.15, 0.2) is 60.9 Å². The summed E-state index contributed by atoms with van der Waals surface area (Å²) in [6.45, 7) is 2.41. The van der Waals surface area contributed by atoms with Crippen molar-refractivity contribution in [2.24, 2.45) is 7.05 Å².